The molecule has 0 saturated carbocycles. The number of hydrogen-bond acceptors (Lipinski definition) is 2. The second kappa shape index (κ2) is 12.4. The van der Waals surface area contributed by atoms with Gasteiger partial charge in [0.05, 0.1) is 0 Å². The Hall–Kier alpha value is -0.0713. The monoisotopic (exact) mass is 489 g/mol. The first kappa shape index (κ1) is 24.0. The molecule has 0 bridgehead atoms. The van der Waals surface area contributed by atoms with Crippen LogP contribution in [-0.2, 0) is 10.0 Å². The Labute approximate surface area is 166 Å². The van der Waals surface area contributed by atoms with Crippen molar-refractivity contribution in [2.45, 2.75) is 90.8 Å². The average molecular weight is 488 g/mol. The van der Waals surface area contributed by atoms with E-state index in [2.05, 4.69) is 37.6 Å². The van der Waals surface area contributed by atoms with Gasteiger partial charge in [0, 0.05) is 0 Å². The molecule has 0 amide bonds. The van der Waals surface area contributed by atoms with Crippen LogP contribution in [0.5, 0.6) is 0 Å². The predicted octanol–water partition coefficient (Wildman–Crippen LogP) is 5.43. The number of unbranched alkanes of at least 4 members (excludes halogenated alkanes) is 3. The zero-order valence-corrected chi connectivity index (χ0v) is 21.0. The van der Waals surface area contributed by atoms with Gasteiger partial charge in [-0.15, -0.1) is 0 Å². The van der Waals surface area contributed by atoms with E-state index in [0.29, 0.717) is 11.4 Å². The maximum absolute atomic E-state index is 12.4. The molecule has 0 fully saturated rings. The second-order valence-electron chi connectivity index (χ2n) is 7.51. The van der Waals surface area contributed by atoms with Gasteiger partial charge >= 0.3 is 167 Å². The fourth-order valence-corrected chi connectivity index (χ4v) is 20.7. The summed E-state index contributed by atoms with van der Waals surface area (Å²) in [6, 6.07) is 8.03. The topological polar surface area (TPSA) is 46.2 Å². The van der Waals surface area contributed by atoms with E-state index >= 15 is 0 Å². The van der Waals surface area contributed by atoms with Gasteiger partial charge in [-0.25, -0.2) is 0 Å². The zero-order valence-electron chi connectivity index (χ0n) is 17.3. The summed E-state index contributed by atoms with van der Waals surface area (Å²) in [6.07, 6.45) is 8.53. The van der Waals surface area contributed by atoms with Gasteiger partial charge in [-0.2, -0.15) is 0 Å². The first-order valence-electron chi connectivity index (χ1n) is 10.6. The second-order valence-corrected chi connectivity index (χ2v) is 22.5. The van der Waals surface area contributed by atoms with Crippen molar-refractivity contribution >= 4 is 32.0 Å². The molecule has 0 aliphatic heterocycles. The van der Waals surface area contributed by atoms with E-state index in [1.165, 1.54) is 55.4 Å². The minimum atomic E-state index is -3.36. The van der Waals surface area contributed by atoms with Crippen LogP contribution in [0.25, 0.3) is 0 Å². The molecular formula is C21H39NO2SSn. The summed E-state index contributed by atoms with van der Waals surface area (Å²) >= 11 is -2.45. The van der Waals surface area contributed by atoms with E-state index < -0.39 is 28.4 Å². The predicted molar refractivity (Wildman–Crippen MR) is 116 cm³/mol. The van der Waals surface area contributed by atoms with Gasteiger partial charge in [0.2, 0.25) is 0 Å². The molecule has 0 aliphatic rings. The van der Waals surface area contributed by atoms with Crippen LogP contribution in [-0.4, -0.2) is 33.3 Å². The van der Waals surface area contributed by atoms with Crippen molar-refractivity contribution in [3.63, 3.8) is 0 Å². The summed E-state index contributed by atoms with van der Waals surface area (Å²) < 4.78 is 33.2. The van der Waals surface area contributed by atoms with E-state index in [1.54, 1.807) is 0 Å². The zero-order chi connectivity index (χ0) is 19.5. The first-order valence-corrected chi connectivity index (χ1v) is 19.5. The van der Waals surface area contributed by atoms with Gasteiger partial charge in [-0.1, -0.05) is 0 Å². The third kappa shape index (κ3) is 7.16. The summed E-state index contributed by atoms with van der Waals surface area (Å²) in [7, 11) is -3.36. The molecule has 1 aromatic rings. The van der Waals surface area contributed by atoms with E-state index in [4.69, 9.17) is 0 Å². The number of nitrogens with one attached hydrogen (secondary N) is 1. The Morgan fingerprint density at radius 3 is 1.62 bits per heavy atom. The molecule has 1 rings (SSSR count). The van der Waals surface area contributed by atoms with Crippen LogP contribution in [0.1, 0.15) is 72.6 Å². The summed E-state index contributed by atoms with van der Waals surface area (Å²) in [5.74, 6) is 0. The molecule has 0 aliphatic carbocycles. The van der Waals surface area contributed by atoms with E-state index in [9.17, 15) is 8.42 Å². The molecule has 150 valence electrons. The van der Waals surface area contributed by atoms with Crippen LogP contribution in [0, 0.1) is 0 Å². The quantitative estimate of drug-likeness (QED) is 0.355. The van der Waals surface area contributed by atoms with Crippen LogP contribution >= 0.6 is 0 Å². The summed E-state index contributed by atoms with van der Waals surface area (Å²) in [4.78, 5) is 0.413. The molecule has 0 unspecified atom stereocenters. The molecule has 0 radical (unpaired) electrons. The maximum atomic E-state index is 12.4. The molecule has 3 nitrogen and oxygen atoms in total. The van der Waals surface area contributed by atoms with Crippen molar-refractivity contribution in [1.82, 2.24) is 4.72 Å². The van der Waals surface area contributed by atoms with Gasteiger partial charge in [0.25, 0.3) is 0 Å². The third-order valence-corrected chi connectivity index (χ3v) is 22.5. The van der Waals surface area contributed by atoms with Crippen molar-refractivity contribution in [1.29, 1.82) is 0 Å². The van der Waals surface area contributed by atoms with Crippen LogP contribution in [0.2, 0.25) is 13.3 Å². The van der Waals surface area contributed by atoms with Crippen molar-refractivity contribution in [3.8, 4) is 0 Å². The number of rotatable bonds is 14. The Kier molecular flexibility index (Phi) is 11.4. The molecule has 0 atom stereocenters. The summed E-state index contributed by atoms with van der Waals surface area (Å²) in [5.41, 5.74) is 0. The van der Waals surface area contributed by atoms with Crippen LogP contribution in [0.15, 0.2) is 29.2 Å². The van der Waals surface area contributed by atoms with E-state index in [1.807, 2.05) is 19.1 Å². The van der Waals surface area contributed by atoms with E-state index in [0.717, 1.165) is 6.42 Å². The van der Waals surface area contributed by atoms with Crippen molar-refractivity contribution < 1.29 is 8.42 Å². The molecular weight excluding hydrogens is 449 g/mol. The Bertz CT molecular complexity index is 577. The Morgan fingerprint density at radius 1 is 0.769 bits per heavy atom. The fourth-order valence-electron chi connectivity index (χ4n) is 3.66. The van der Waals surface area contributed by atoms with Crippen molar-refractivity contribution in [2.75, 3.05) is 6.54 Å². The van der Waals surface area contributed by atoms with Gasteiger partial charge in [-0.05, 0) is 0 Å². The molecule has 0 aromatic heterocycles. The number of benzene rings is 1. The Morgan fingerprint density at radius 2 is 1.23 bits per heavy atom. The number of sulfonamides is 1. The Balaban J connectivity index is 3.15. The minimum absolute atomic E-state index is 0.413. The molecule has 1 aromatic carbocycles. The van der Waals surface area contributed by atoms with Crippen molar-refractivity contribution in [3.05, 3.63) is 24.3 Å². The molecule has 0 heterocycles. The summed E-state index contributed by atoms with van der Waals surface area (Å²) in [6.45, 7) is 9.32. The molecule has 0 spiro atoms. The third-order valence-electron chi connectivity index (χ3n) is 5.35. The van der Waals surface area contributed by atoms with Gasteiger partial charge < -0.3 is 0 Å². The average Bonchev–Trinajstić information content (AvgIpc) is 2.66. The van der Waals surface area contributed by atoms with Crippen LogP contribution < -0.4 is 8.30 Å². The molecule has 0 saturated heterocycles. The normalized spacial score (nSPS) is 12.5. The standard InChI is InChI=1S/C9H12NO2S.3C4H9.Sn/c1-2-8-10-13(11,12)9-6-4-3-5-7-9;3*1-3-4-2;/h4-7,10H,2,8H2,1H3;3*1,3-4H2,2H3;. The molecule has 26 heavy (non-hydrogen) atoms. The SMILES string of the molecule is CCC[CH2][Sn]([CH2]CCC)([CH2]CCC)[c]1ccc(S(=O)(=O)NCCC)cc1. The van der Waals surface area contributed by atoms with Gasteiger partial charge in [-0.3, -0.25) is 0 Å². The van der Waals surface area contributed by atoms with E-state index in [-0.39, 0.29) is 0 Å². The molecule has 1 N–H and O–H groups in total. The summed E-state index contributed by atoms with van der Waals surface area (Å²) in [5, 5.41) is 0. The fraction of sp³-hybridized carbons (Fsp3) is 0.714. The van der Waals surface area contributed by atoms with Gasteiger partial charge in [0.15, 0.2) is 0 Å². The first-order chi connectivity index (χ1) is 12.5. The number of hydrogen-bond donors (Lipinski definition) is 1. The van der Waals surface area contributed by atoms with Crippen LogP contribution in [0.4, 0.5) is 0 Å². The van der Waals surface area contributed by atoms with Crippen LogP contribution in [0.3, 0.4) is 0 Å². The van der Waals surface area contributed by atoms with Gasteiger partial charge in [0.1, 0.15) is 0 Å². The molecule has 5 heteroatoms. The van der Waals surface area contributed by atoms with Crippen molar-refractivity contribution in [2.24, 2.45) is 0 Å².